The van der Waals surface area contributed by atoms with Crippen molar-refractivity contribution < 1.29 is 19.2 Å². The molecule has 2 aromatic rings. The van der Waals surface area contributed by atoms with Gasteiger partial charge in [-0.05, 0) is 38.1 Å². The van der Waals surface area contributed by atoms with E-state index in [1.165, 1.54) is 0 Å². The number of carbonyl (C=O) groups is 2. The average Bonchev–Trinajstić information content (AvgIpc) is 2.68. The fourth-order valence-electron chi connectivity index (χ4n) is 2.83. The lowest BCUT2D eigenvalue weighted by Gasteiger charge is -2.27. The van der Waals surface area contributed by atoms with Crippen LogP contribution in [0.25, 0.3) is 0 Å². The number of ether oxygens (including phenoxy) is 1. The van der Waals surface area contributed by atoms with Crippen LogP contribution in [0.5, 0.6) is 5.75 Å². The zero-order valence-corrected chi connectivity index (χ0v) is 16.4. The van der Waals surface area contributed by atoms with E-state index < -0.39 is 0 Å². The minimum absolute atomic E-state index is 0.00428. The molecule has 6 nitrogen and oxygen atoms in total. The van der Waals surface area contributed by atoms with E-state index in [1.807, 2.05) is 63.4 Å². The molecule has 1 unspecified atom stereocenters. The van der Waals surface area contributed by atoms with Gasteiger partial charge in [-0.3, -0.25) is 9.59 Å². The third-order valence-electron chi connectivity index (χ3n) is 4.55. The number of nitrogens with one attached hydrogen (secondary N) is 2. The van der Waals surface area contributed by atoms with Crippen molar-refractivity contribution in [2.45, 2.75) is 19.9 Å². The molecule has 2 rings (SSSR count). The highest BCUT2D eigenvalue weighted by Crippen LogP contribution is 2.16. The Morgan fingerprint density at radius 1 is 1.15 bits per heavy atom. The maximum atomic E-state index is 12.9. The smallest absolute Gasteiger partial charge is 0.284 e. The molecular formula is C21H28N3O3+. The van der Waals surface area contributed by atoms with Gasteiger partial charge in [0.05, 0.1) is 14.2 Å². The fourth-order valence-corrected chi connectivity index (χ4v) is 2.83. The maximum Gasteiger partial charge on any atom is 0.284 e. The van der Waals surface area contributed by atoms with Gasteiger partial charge < -0.3 is 19.9 Å². The van der Waals surface area contributed by atoms with Gasteiger partial charge in [0.1, 0.15) is 5.75 Å². The van der Waals surface area contributed by atoms with Crippen molar-refractivity contribution in [3.8, 4) is 5.75 Å². The molecule has 2 aromatic carbocycles. The number of hydrogen-bond donors (Lipinski definition) is 2. The van der Waals surface area contributed by atoms with Crippen LogP contribution in [-0.2, 0) is 9.59 Å². The van der Waals surface area contributed by atoms with Crippen LogP contribution in [0, 0.1) is 0 Å². The van der Waals surface area contributed by atoms with Crippen molar-refractivity contribution >= 4 is 23.2 Å². The van der Waals surface area contributed by atoms with Crippen molar-refractivity contribution in [3.05, 3.63) is 54.6 Å². The first-order valence-electron chi connectivity index (χ1n) is 9.09. The first-order chi connectivity index (χ1) is 13.0. The lowest BCUT2D eigenvalue weighted by atomic mass is 10.2. The van der Waals surface area contributed by atoms with E-state index in [9.17, 15) is 9.59 Å². The summed E-state index contributed by atoms with van der Waals surface area (Å²) >= 11 is 0. The summed E-state index contributed by atoms with van der Waals surface area (Å²) in [7, 11) is 3.44. The number of methoxy groups -OCH3 is 1. The molecule has 0 radical (unpaired) electrons. The van der Waals surface area contributed by atoms with Gasteiger partial charge >= 0.3 is 0 Å². The first-order valence-corrected chi connectivity index (χ1v) is 9.09. The second-order valence-corrected chi connectivity index (χ2v) is 6.44. The lowest BCUT2D eigenvalue weighted by Crippen LogP contribution is -3.15. The van der Waals surface area contributed by atoms with Gasteiger partial charge in [0.25, 0.3) is 11.8 Å². The molecule has 0 aliphatic carbocycles. The van der Waals surface area contributed by atoms with Crippen LogP contribution in [0.1, 0.15) is 13.8 Å². The largest absolute Gasteiger partial charge is 0.497 e. The van der Waals surface area contributed by atoms with Crippen molar-refractivity contribution in [3.63, 3.8) is 0 Å². The normalized spacial score (nSPS) is 12.7. The Morgan fingerprint density at radius 3 is 2.48 bits per heavy atom. The van der Waals surface area contributed by atoms with Crippen LogP contribution in [0.3, 0.4) is 0 Å². The Bertz CT molecular complexity index is 764. The van der Waals surface area contributed by atoms with Gasteiger partial charge in [-0.1, -0.05) is 24.3 Å². The number of rotatable bonds is 8. The summed E-state index contributed by atoms with van der Waals surface area (Å²) in [6.07, 6.45) is 0. The molecule has 2 N–H and O–H groups in total. The van der Waals surface area contributed by atoms with Gasteiger partial charge in [-0.2, -0.15) is 0 Å². The van der Waals surface area contributed by atoms with Gasteiger partial charge in [0.2, 0.25) is 0 Å². The third kappa shape index (κ3) is 5.56. The summed E-state index contributed by atoms with van der Waals surface area (Å²) in [4.78, 5) is 27.8. The second-order valence-electron chi connectivity index (χ2n) is 6.44. The van der Waals surface area contributed by atoms with E-state index in [-0.39, 0.29) is 24.4 Å². The van der Waals surface area contributed by atoms with E-state index in [0.717, 1.165) is 10.6 Å². The Balaban J connectivity index is 1.98. The fraction of sp³-hybridized carbons (Fsp3) is 0.333. The van der Waals surface area contributed by atoms with Crippen molar-refractivity contribution in [1.29, 1.82) is 0 Å². The summed E-state index contributed by atoms with van der Waals surface area (Å²) in [5.41, 5.74) is 1.54. The number of amides is 2. The highest BCUT2D eigenvalue weighted by molar-refractivity contribution is 5.96. The summed E-state index contributed by atoms with van der Waals surface area (Å²) in [5.74, 6) is 0.525. The van der Waals surface area contributed by atoms with Crippen LogP contribution in [0.2, 0.25) is 0 Å². The lowest BCUT2D eigenvalue weighted by molar-refractivity contribution is -0.885. The van der Waals surface area contributed by atoms with Crippen LogP contribution in [0.4, 0.5) is 11.4 Å². The Kier molecular flexibility index (Phi) is 7.37. The number of nitrogens with zero attached hydrogens (tertiary/aromatic N) is 1. The average molecular weight is 370 g/mol. The van der Waals surface area contributed by atoms with Crippen molar-refractivity contribution in [2.75, 3.05) is 37.5 Å². The molecule has 0 saturated heterocycles. The number of carbonyl (C=O) groups excluding carboxylic acids is 2. The van der Waals surface area contributed by atoms with Crippen LogP contribution < -0.4 is 19.9 Å². The highest BCUT2D eigenvalue weighted by Gasteiger charge is 2.28. The van der Waals surface area contributed by atoms with E-state index >= 15 is 0 Å². The Hall–Kier alpha value is -2.86. The first kappa shape index (κ1) is 20.5. The summed E-state index contributed by atoms with van der Waals surface area (Å²) in [6.45, 7) is 4.57. The molecule has 0 saturated carbocycles. The summed E-state index contributed by atoms with van der Waals surface area (Å²) in [6, 6.07) is 16.4. The molecule has 144 valence electrons. The number of anilines is 2. The number of hydrogen-bond acceptors (Lipinski definition) is 3. The standard InChI is InChI=1S/C21H27N3O3/c1-5-24(18-11-7-6-8-12-18)21(26)16(2)23(3)15-20(25)22-17-10-9-13-19(14-17)27-4/h6-14,16H,5,15H2,1-4H3,(H,22,25)/p+1/t16-/m0/s1. The van der Waals surface area contributed by atoms with E-state index in [1.54, 1.807) is 24.1 Å². The molecule has 0 aliphatic rings. The van der Waals surface area contributed by atoms with E-state index in [2.05, 4.69) is 5.32 Å². The Labute approximate surface area is 160 Å². The minimum atomic E-state index is -0.346. The van der Waals surface area contributed by atoms with Crippen molar-refractivity contribution in [2.24, 2.45) is 0 Å². The molecule has 0 heterocycles. The van der Waals surface area contributed by atoms with Gasteiger partial charge in [0, 0.05) is 24.0 Å². The van der Waals surface area contributed by atoms with E-state index in [4.69, 9.17) is 4.74 Å². The number of benzene rings is 2. The van der Waals surface area contributed by atoms with Crippen LogP contribution in [-0.4, -0.2) is 45.1 Å². The number of likely N-dealkylation sites (N-methyl/N-ethyl adjacent to an activating group) is 2. The molecule has 0 aromatic heterocycles. The molecular weight excluding hydrogens is 342 g/mol. The zero-order chi connectivity index (χ0) is 19.8. The molecule has 2 amide bonds. The zero-order valence-electron chi connectivity index (χ0n) is 16.4. The quantitative estimate of drug-likeness (QED) is 0.742. The molecule has 0 spiro atoms. The minimum Gasteiger partial charge on any atom is -0.497 e. The summed E-state index contributed by atoms with van der Waals surface area (Å²) in [5, 5.41) is 2.85. The third-order valence-corrected chi connectivity index (χ3v) is 4.55. The highest BCUT2D eigenvalue weighted by atomic mass is 16.5. The van der Waals surface area contributed by atoms with Crippen LogP contribution in [0.15, 0.2) is 54.6 Å². The van der Waals surface area contributed by atoms with Gasteiger partial charge in [-0.25, -0.2) is 0 Å². The molecule has 2 atom stereocenters. The second kappa shape index (κ2) is 9.73. The maximum absolute atomic E-state index is 12.9. The monoisotopic (exact) mass is 370 g/mol. The predicted octanol–water partition coefficient (Wildman–Crippen LogP) is 1.59. The topological polar surface area (TPSA) is 63.1 Å². The number of para-hydroxylation sites is 1. The molecule has 27 heavy (non-hydrogen) atoms. The van der Waals surface area contributed by atoms with E-state index in [0.29, 0.717) is 18.0 Å². The molecule has 0 aliphatic heterocycles. The predicted molar refractivity (Wildman–Crippen MR) is 107 cm³/mol. The van der Waals surface area contributed by atoms with Gasteiger partial charge in [0.15, 0.2) is 12.6 Å². The van der Waals surface area contributed by atoms with Crippen LogP contribution >= 0.6 is 0 Å². The van der Waals surface area contributed by atoms with Gasteiger partial charge in [-0.15, -0.1) is 0 Å². The molecule has 6 heteroatoms. The molecule has 0 fully saturated rings. The molecule has 0 bridgehead atoms. The Morgan fingerprint density at radius 2 is 1.85 bits per heavy atom. The SMILES string of the molecule is CCN(C(=O)[C@H](C)[NH+](C)CC(=O)Nc1cccc(OC)c1)c1ccccc1. The summed E-state index contributed by atoms with van der Waals surface area (Å²) < 4.78 is 5.16. The number of quaternary nitrogens is 1. The van der Waals surface area contributed by atoms with Crippen molar-refractivity contribution in [1.82, 2.24) is 0 Å².